The molecule has 9 heteroatoms. The highest BCUT2D eigenvalue weighted by atomic mass is 35.5. The predicted octanol–water partition coefficient (Wildman–Crippen LogP) is 4.01. The van der Waals surface area contributed by atoms with E-state index in [-0.39, 0.29) is 23.3 Å². The second kappa shape index (κ2) is 10.1. The Bertz CT molecular complexity index is 1270. The van der Waals surface area contributed by atoms with Crippen LogP contribution in [-0.2, 0) is 9.59 Å². The number of halogens is 1. The van der Waals surface area contributed by atoms with Gasteiger partial charge >= 0.3 is 0 Å². The van der Waals surface area contributed by atoms with E-state index in [9.17, 15) is 14.4 Å². The summed E-state index contributed by atoms with van der Waals surface area (Å²) in [5.41, 5.74) is 2.60. The Hall–Kier alpha value is -3.65. The zero-order valence-electron chi connectivity index (χ0n) is 19.0. The third-order valence-corrected chi connectivity index (χ3v) is 6.18. The Labute approximate surface area is 202 Å². The number of hydrogen-bond acceptors (Lipinski definition) is 5. The van der Waals surface area contributed by atoms with E-state index in [1.807, 2.05) is 24.0 Å². The highest BCUT2D eigenvalue weighted by Crippen LogP contribution is 2.24. The van der Waals surface area contributed by atoms with Gasteiger partial charge in [-0.1, -0.05) is 17.7 Å². The highest BCUT2D eigenvalue weighted by Gasteiger charge is 2.27. The number of benzene rings is 2. The summed E-state index contributed by atoms with van der Waals surface area (Å²) in [6, 6.07) is 15.6. The first-order valence-corrected chi connectivity index (χ1v) is 11.5. The minimum absolute atomic E-state index is 0.0735. The number of nitrogens with one attached hydrogen (secondary N) is 2. The molecule has 0 radical (unpaired) electrons. The summed E-state index contributed by atoms with van der Waals surface area (Å²) < 4.78 is 1.33. The van der Waals surface area contributed by atoms with Crippen LogP contribution in [0.5, 0.6) is 0 Å². The van der Waals surface area contributed by atoms with Gasteiger partial charge in [-0.25, -0.2) is 0 Å². The molecule has 1 saturated heterocycles. The summed E-state index contributed by atoms with van der Waals surface area (Å²) in [4.78, 5) is 38.6. The Morgan fingerprint density at radius 2 is 1.74 bits per heavy atom. The molecule has 1 aliphatic heterocycles. The van der Waals surface area contributed by atoms with E-state index < -0.39 is 0 Å². The number of amides is 2. The second-order valence-corrected chi connectivity index (χ2v) is 8.82. The molecular formula is C25H26ClN5O3. The lowest BCUT2D eigenvalue weighted by molar-refractivity contribution is -0.120. The molecule has 1 aromatic heterocycles. The second-order valence-electron chi connectivity index (χ2n) is 8.41. The third-order valence-electron chi connectivity index (χ3n) is 5.78. The molecule has 176 valence electrons. The molecule has 4 rings (SSSR count). The van der Waals surface area contributed by atoms with Crippen LogP contribution in [0.15, 0.2) is 59.4 Å². The maximum absolute atomic E-state index is 12.9. The van der Waals surface area contributed by atoms with Crippen molar-refractivity contribution in [1.82, 2.24) is 9.78 Å². The molecule has 2 aromatic carbocycles. The first kappa shape index (κ1) is 23.5. The van der Waals surface area contributed by atoms with Gasteiger partial charge in [0.15, 0.2) is 0 Å². The van der Waals surface area contributed by atoms with Gasteiger partial charge in [-0.15, -0.1) is 5.10 Å². The largest absolute Gasteiger partial charge is 0.354 e. The Balaban J connectivity index is 1.47. The van der Waals surface area contributed by atoms with Gasteiger partial charge in [-0.05, 0) is 67.8 Å². The van der Waals surface area contributed by atoms with Crippen LogP contribution in [0, 0.1) is 12.8 Å². The summed E-state index contributed by atoms with van der Waals surface area (Å²) >= 11 is 6.24. The molecule has 0 bridgehead atoms. The molecule has 0 spiro atoms. The number of piperidine rings is 1. The van der Waals surface area contributed by atoms with E-state index in [0.717, 1.165) is 24.9 Å². The molecule has 1 atom stereocenters. The van der Waals surface area contributed by atoms with Crippen LogP contribution >= 0.6 is 11.6 Å². The highest BCUT2D eigenvalue weighted by molar-refractivity contribution is 6.31. The summed E-state index contributed by atoms with van der Waals surface area (Å²) in [7, 11) is 0. The van der Waals surface area contributed by atoms with Gasteiger partial charge in [0.25, 0.3) is 5.56 Å². The molecule has 0 unspecified atom stereocenters. The van der Waals surface area contributed by atoms with Gasteiger partial charge in [0, 0.05) is 42.5 Å². The van der Waals surface area contributed by atoms with Crippen molar-refractivity contribution >= 4 is 40.6 Å². The van der Waals surface area contributed by atoms with Crippen molar-refractivity contribution in [3.8, 4) is 5.69 Å². The average Bonchev–Trinajstić information content (AvgIpc) is 2.82. The minimum atomic E-state index is -0.252. The SMILES string of the molecule is CC(=O)Nc1ccc(NC(=O)[C@H]2CCCN(c3ccc(=O)n(-c4ccc(C)c(Cl)c4)n3)C2)cc1. The number of hydrogen-bond donors (Lipinski definition) is 2. The summed E-state index contributed by atoms with van der Waals surface area (Å²) in [6.45, 7) is 4.58. The van der Waals surface area contributed by atoms with Crippen LogP contribution in [0.25, 0.3) is 5.69 Å². The molecule has 8 nitrogen and oxygen atoms in total. The standard InChI is InChI=1S/C25H26ClN5O3/c1-16-5-10-21(14-22(16)26)31-24(33)12-11-23(29-31)30-13-3-4-18(15-30)25(34)28-20-8-6-19(7-9-20)27-17(2)32/h5-12,14,18H,3-4,13,15H2,1-2H3,(H,27,32)(H,28,34)/t18-/m0/s1. The zero-order chi connectivity index (χ0) is 24.2. The maximum atomic E-state index is 12.9. The lowest BCUT2D eigenvalue weighted by Crippen LogP contribution is -2.41. The molecule has 2 heterocycles. The van der Waals surface area contributed by atoms with E-state index in [2.05, 4.69) is 15.7 Å². The fourth-order valence-corrected chi connectivity index (χ4v) is 4.13. The van der Waals surface area contributed by atoms with Crippen LogP contribution in [-0.4, -0.2) is 34.7 Å². The molecule has 34 heavy (non-hydrogen) atoms. The van der Waals surface area contributed by atoms with E-state index in [0.29, 0.717) is 34.4 Å². The molecule has 0 aliphatic carbocycles. The van der Waals surface area contributed by atoms with E-state index >= 15 is 0 Å². The molecule has 1 fully saturated rings. The van der Waals surface area contributed by atoms with Crippen molar-refractivity contribution in [3.05, 3.63) is 75.5 Å². The third kappa shape index (κ3) is 5.46. The monoisotopic (exact) mass is 479 g/mol. The normalized spacial score (nSPS) is 15.6. The topological polar surface area (TPSA) is 96.3 Å². The number of nitrogens with zero attached hydrogens (tertiary/aromatic N) is 3. The molecular weight excluding hydrogens is 454 g/mol. The van der Waals surface area contributed by atoms with Crippen LogP contribution in [0.4, 0.5) is 17.2 Å². The van der Waals surface area contributed by atoms with Crippen molar-refractivity contribution in [1.29, 1.82) is 0 Å². The van der Waals surface area contributed by atoms with E-state index in [1.165, 1.54) is 17.7 Å². The fraction of sp³-hybridized carbons (Fsp3) is 0.280. The number of rotatable bonds is 5. The van der Waals surface area contributed by atoms with Gasteiger partial charge in [0.1, 0.15) is 5.82 Å². The summed E-state index contributed by atoms with van der Waals surface area (Å²) in [6.07, 6.45) is 1.59. The van der Waals surface area contributed by atoms with Crippen molar-refractivity contribution in [3.63, 3.8) is 0 Å². The van der Waals surface area contributed by atoms with Crippen molar-refractivity contribution in [2.75, 3.05) is 28.6 Å². The molecule has 0 saturated carbocycles. The van der Waals surface area contributed by atoms with Crippen LogP contribution in [0.3, 0.4) is 0 Å². The molecule has 1 aliphatic rings. The molecule has 2 N–H and O–H groups in total. The number of anilines is 3. The van der Waals surface area contributed by atoms with Gasteiger partial charge in [-0.2, -0.15) is 4.68 Å². The van der Waals surface area contributed by atoms with Gasteiger partial charge in [-0.3, -0.25) is 14.4 Å². The van der Waals surface area contributed by atoms with Crippen LogP contribution in [0.2, 0.25) is 5.02 Å². The van der Waals surface area contributed by atoms with Gasteiger partial charge < -0.3 is 15.5 Å². The lowest BCUT2D eigenvalue weighted by atomic mass is 9.97. The first-order valence-electron chi connectivity index (χ1n) is 11.1. The number of aromatic nitrogens is 2. The van der Waals surface area contributed by atoms with Crippen molar-refractivity contribution in [2.45, 2.75) is 26.7 Å². The number of carbonyl (C=O) groups is 2. The van der Waals surface area contributed by atoms with E-state index in [4.69, 9.17) is 11.6 Å². The smallest absolute Gasteiger partial charge is 0.271 e. The number of aryl methyl sites for hydroxylation is 1. The predicted molar refractivity (Wildman–Crippen MR) is 134 cm³/mol. The lowest BCUT2D eigenvalue weighted by Gasteiger charge is -2.33. The Kier molecular flexibility index (Phi) is 6.98. The van der Waals surface area contributed by atoms with Gasteiger partial charge in [0.05, 0.1) is 11.6 Å². The maximum Gasteiger partial charge on any atom is 0.271 e. The fourth-order valence-electron chi connectivity index (χ4n) is 3.95. The first-order chi connectivity index (χ1) is 16.3. The minimum Gasteiger partial charge on any atom is -0.354 e. The Morgan fingerprint density at radius 3 is 2.41 bits per heavy atom. The quantitative estimate of drug-likeness (QED) is 0.576. The van der Waals surface area contributed by atoms with Crippen molar-refractivity contribution in [2.24, 2.45) is 5.92 Å². The van der Waals surface area contributed by atoms with Gasteiger partial charge in [0.2, 0.25) is 11.8 Å². The molecule has 3 aromatic rings. The van der Waals surface area contributed by atoms with E-state index in [1.54, 1.807) is 36.4 Å². The summed E-state index contributed by atoms with van der Waals surface area (Å²) in [5.74, 6) is 0.188. The van der Waals surface area contributed by atoms with Crippen LogP contribution < -0.4 is 21.1 Å². The number of carbonyl (C=O) groups excluding carboxylic acids is 2. The van der Waals surface area contributed by atoms with Crippen LogP contribution in [0.1, 0.15) is 25.3 Å². The molecule has 2 amide bonds. The van der Waals surface area contributed by atoms with Crippen molar-refractivity contribution < 1.29 is 9.59 Å². The Morgan fingerprint density at radius 1 is 1.03 bits per heavy atom. The zero-order valence-corrected chi connectivity index (χ0v) is 19.8. The summed E-state index contributed by atoms with van der Waals surface area (Å²) in [5, 5.41) is 10.8. The average molecular weight is 480 g/mol.